The minimum Gasteiger partial charge on any atom is -0.507 e. The van der Waals surface area contributed by atoms with E-state index in [9.17, 15) is 9.50 Å². The number of ether oxygens (including phenoxy) is 1. The Morgan fingerprint density at radius 2 is 1.78 bits per heavy atom. The molecular formula is C26H20ClFN6O2. The molecule has 180 valence electrons. The summed E-state index contributed by atoms with van der Waals surface area (Å²) in [4.78, 5) is 8.30. The molecule has 3 aromatic carbocycles. The fraction of sp³-hybridized carbons (Fsp3) is 0.0769. The first-order chi connectivity index (χ1) is 17.5. The lowest BCUT2D eigenvalue weighted by atomic mass is 10.1. The van der Waals surface area contributed by atoms with E-state index in [1.54, 1.807) is 29.1 Å². The van der Waals surface area contributed by atoms with E-state index in [4.69, 9.17) is 22.1 Å². The Hall–Kier alpha value is -4.50. The number of halogens is 2. The van der Waals surface area contributed by atoms with Gasteiger partial charge in [0.1, 0.15) is 29.6 Å². The molecule has 10 heteroatoms. The van der Waals surface area contributed by atoms with Gasteiger partial charge >= 0.3 is 0 Å². The second kappa shape index (κ2) is 10.0. The molecule has 0 saturated heterocycles. The number of hydrogen-bond donors (Lipinski definition) is 2. The summed E-state index contributed by atoms with van der Waals surface area (Å²) in [7, 11) is 0. The third kappa shape index (κ3) is 5.11. The van der Waals surface area contributed by atoms with Gasteiger partial charge in [-0.05, 0) is 35.9 Å². The Bertz CT molecular complexity index is 1510. The zero-order valence-electron chi connectivity index (χ0n) is 18.8. The SMILES string of the molecule is Nc1nc(-c2ccc(OCc3cn(Cc4ccccc4)nn3)cc2O)cc(-c2c(F)cccc2Cl)n1. The molecule has 2 aromatic heterocycles. The molecule has 0 fully saturated rings. The van der Waals surface area contributed by atoms with Gasteiger partial charge in [0.2, 0.25) is 5.95 Å². The molecule has 2 heterocycles. The van der Waals surface area contributed by atoms with Gasteiger partial charge in [-0.1, -0.05) is 53.2 Å². The lowest BCUT2D eigenvalue weighted by Gasteiger charge is -2.11. The summed E-state index contributed by atoms with van der Waals surface area (Å²) in [6, 6.07) is 20.6. The number of rotatable bonds is 7. The third-order valence-electron chi connectivity index (χ3n) is 5.37. The number of hydrogen-bond acceptors (Lipinski definition) is 7. The van der Waals surface area contributed by atoms with Crippen molar-refractivity contribution in [2.45, 2.75) is 13.2 Å². The first kappa shape index (κ1) is 23.3. The second-order valence-electron chi connectivity index (χ2n) is 7.95. The van der Waals surface area contributed by atoms with Gasteiger partial charge in [-0.3, -0.25) is 0 Å². The molecule has 0 spiro atoms. The van der Waals surface area contributed by atoms with Crippen LogP contribution in [-0.2, 0) is 13.2 Å². The largest absolute Gasteiger partial charge is 0.507 e. The molecule has 5 aromatic rings. The van der Waals surface area contributed by atoms with Gasteiger partial charge in [-0.15, -0.1) is 5.10 Å². The molecule has 0 amide bonds. The monoisotopic (exact) mass is 502 g/mol. The number of aromatic hydroxyl groups is 1. The fourth-order valence-electron chi connectivity index (χ4n) is 3.70. The van der Waals surface area contributed by atoms with E-state index in [1.165, 1.54) is 24.3 Å². The number of nitrogens with zero attached hydrogens (tertiary/aromatic N) is 5. The van der Waals surface area contributed by atoms with Crippen molar-refractivity contribution in [2.75, 3.05) is 5.73 Å². The van der Waals surface area contributed by atoms with Gasteiger partial charge in [0.05, 0.1) is 34.7 Å². The third-order valence-corrected chi connectivity index (χ3v) is 5.68. The van der Waals surface area contributed by atoms with Gasteiger partial charge in [0, 0.05) is 11.6 Å². The molecule has 0 radical (unpaired) electrons. The van der Waals surface area contributed by atoms with Gasteiger partial charge in [0.15, 0.2) is 0 Å². The topological polar surface area (TPSA) is 112 Å². The van der Waals surface area contributed by atoms with Crippen LogP contribution in [0.3, 0.4) is 0 Å². The summed E-state index contributed by atoms with van der Waals surface area (Å²) < 4.78 is 21.9. The van der Waals surface area contributed by atoms with Crippen molar-refractivity contribution in [3.63, 3.8) is 0 Å². The number of nitrogens with two attached hydrogens (primary N) is 1. The van der Waals surface area contributed by atoms with Gasteiger partial charge in [-0.2, -0.15) is 0 Å². The minimum atomic E-state index is -0.541. The van der Waals surface area contributed by atoms with Crippen molar-refractivity contribution >= 4 is 17.5 Å². The molecule has 0 unspecified atom stereocenters. The Kier molecular flexibility index (Phi) is 6.46. The summed E-state index contributed by atoms with van der Waals surface area (Å²) in [5, 5.41) is 19.1. The lowest BCUT2D eigenvalue weighted by molar-refractivity contribution is 0.299. The maximum Gasteiger partial charge on any atom is 0.221 e. The van der Waals surface area contributed by atoms with E-state index in [1.807, 2.05) is 30.3 Å². The summed E-state index contributed by atoms with van der Waals surface area (Å²) >= 11 is 6.18. The molecular weight excluding hydrogens is 483 g/mol. The molecule has 8 nitrogen and oxygen atoms in total. The predicted octanol–water partition coefficient (Wildman–Crippen LogP) is 5.11. The highest BCUT2D eigenvalue weighted by Gasteiger charge is 2.16. The number of phenols is 1. The Labute approximate surface area is 210 Å². The molecule has 0 aliphatic rings. The number of aromatic nitrogens is 5. The molecule has 3 N–H and O–H groups in total. The van der Waals surface area contributed by atoms with E-state index in [2.05, 4.69) is 20.3 Å². The molecule has 0 bridgehead atoms. The van der Waals surface area contributed by atoms with Crippen molar-refractivity contribution in [3.05, 3.63) is 101 Å². The van der Waals surface area contributed by atoms with Crippen LogP contribution in [0.4, 0.5) is 10.3 Å². The van der Waals surface area contributed by atoms with Crippen molar-refractivity contribution in [2.24, 2.45) is 0 Å². The van der Waals surface area contributed by atoms with Gasteiger partial charge in [-0.25, -0.2) is 19.0 Å². The van der Waals surface area contributed by atoms with Crippen LogP contribution in [0.25, 0.3) is 22.5 Å². The summed E-state index contributed by atoms with van der Waals surface area (Å²) in [5.74, 6) is -0.294. The van der Waals surface area contributed by atoms with Crippen molar-refractivity contribution in [1.82, 2.24) is 25.0 Å². The first-order valence-electron chi connectivity index (χ1n) is 10.9. The first-order valence-corrected chi connectivity index (χ1v) is 11.3. The van der Waals surface area contributed by atoms with E-state index in [0.717, 1.165) is 5.56 Å². The summed E-state index contributed by atoms with van der Waals surface area (Å²) in [6.07, 6.45) is 1.81. The van der Waals surface area contributed by atoms with E-state index in [-0.39, 0.29) is 34.6 Å². The number of anilines is 1. The average molecular weight is 503 g/mol. The van der Waals surface area contributed by atoms with Crippen molar-refractivity contribution in [1.29, 1.82) is 0 Å². The van der Waals surface area contributed by atoms with Crippen LogP contribution >= 0.6 is 11.6 Å². The van der Waals surface area contributed by atoms with E-state index < -0.39 is 5.82 Å². The van der Waals surface area contributed by atoms with Crippen LogP contribution < -0.4 is 10.5 Å². The van der Waals surface area contributed by atoms with Crippen LogP contribution in [0, 0.1) is 5.82 Å². The van der Waals surface area contributed by atoms with Gasteiger partial charge < -0.3 is 15.6 Å². The Morgan fingerprint density at radius 3 is 2.56 bits per heavy atom. The second-order valence-corrected chi connectivity index (χ2v) is 8.36. The normalized spacial score (nSPS) is 10.9. The standard InChI is InChI=1S/C26H20ClFN6O2/c27-20-7-4-8-21(28)25(20)23-12-22(30-26(29)31-23)19-10-9-18(11-24(19)35)36-15-17-14-34(33-32-17)13-16-5-2-1-3-6-16/h1-12,14,35H,13,15H2,(H2,29,30,31). The van der Waals surface area contributed by atoms with Gasteiger partial charge in [0.25, 0.3) is 0 Å². The Balaban J connectivity index is 1.32. The van der Waals surface area contributed by atoms with Crippen LogP contribution in [-0.4, -0.2) is 30.1 Å². The zero-order valence-corrected chi connectivity index (χ0v) is 19.6. The fourth-order valence-corrected chi connectivity index (χ4v) is 3.96. The van der Waals surface area contributed by atoms with Crippen molar-refractivity contribution < 1.29 is 14.2 Å². The molecule has 5 rings (SSSR count). The number of phenolic OH excluding ortho intramolecular Hbond substituents is 1. The highest BCUT2D eigenvalue weighted by molar-refractivity contribution is 6.33. The smallest absolute Gasteiger partial charge is 0.221 e. The summed E-state index contributed by atoms with van der Waals surface area (Å²) in [5.41, 5.74) is 8.62. The van der Waals surface area contributed by atoms with Crippen LogP contribution in [0.1, 0.15) is 11.3 Å². The molecule has 0 aliphatic heterocycles. The predicted molar refractivity (Wildman–Crippen MR) is 134 cm³/mol. The quantitative estimate of drug-likeness (QED) is 0.318. The van der Waals surface area contributed by atoms with E-state index >= 15 is 0 Å². The van der Waals surface area contributed by atoms with E-state index in [0.29, 0.717) is 29.2 Å². The van der Waals surface area contributed by atoms with Crippen LogP contribution in [0.15, 0.2) is 79.0 Å². The Morgan fingerprint density at radius 1 is 0.972 bits per heavy atom. The highest BCUT2D eigenvalue weighted by atomic mass is 35.5. The van der Waals surface area contributed by atoms with Crippen LogP contribution in [0.2, 0.25) is 5.02 Å². The average Bonchev–Trinajstić information content (AvgIpc) is 3.30. The molecule has 0 aliphatic carbocycles. The zero-order chi connectivity index (χ0) is 25.1. The molecule has 36 heavy (non-hydrogen) atoms. The summed E-state index contributed by atoms with van der Waals surface area (Å²) in [6.45, 7) is 0.773. The molecule has 0 saturated carbocycles. The van der Waals surface area contributed by atoms with Crippen LogP contribution in [0.5, 0.6) is 11.5 Å². The lowest BCUT2D eigenvalue weighted by Crippen LogP contribution is -2.00. The molecule has 0 atom stereocenters. The maximum atomic E-state index is 14.4. The minimum absolute atomic E-state index is 0.0832. The van der Waals surface area contributed by atoms with Crippen molar-refractivity contribution in [3.8, 4) is 34.0 Å². The highest BCUT2D eigenvalue weighted by Crippen LogP contribution is 2.35. The maximum absolute atomic E-state index is 14.4. The number of nitrogen functional groups attached to an aromatic ring is 1. The number of benzene rings is 3.